The fraction of sp³-hybridized carbons (Fsp3) is 0.600. The number of hydrogen-bond donors (Lipinski definition) is 2. The largest absolute Gasteiger partial charge is 0.271 e. The van der Waals surface area contributed by atoms with E-state index in [1.807, 2.05) is 11.8 Å². The van der Waals surface area contributed by atoms with Gasteiger partial charge in [-0.15, -0.1) is 11.8 Å². The van der Waals surface area contributed by atoms with E-state index < -0.39 is 0 Å². The van der Waals surface area contributed by atoms with Gasteiger partial charge in [0.2, 0.25) is 0 Å². The van der Waals surface area contributed by atoms with Gasteiger partial charge in [-0.1, -0.05) is 38.0 Å². The third-order valence-corrected chi connectivity index (χ3v) is 4.91. The van der Waals surface area contributed by atoms with Crippen molar-refractivity contribution in [2.75, 3.05) is 6.26 Å². The molecule has 0 aliphatic heterocycles. The summed E-state index contributed by atoms with van der Waals surface area (Å²) in [4.78, 5) is 1.35. The Morgan fingerprint density at radius 1 is 1.33 bits per heavy atom. The number of hydrogen-bond acceptors (Lipinski definition) is 3. The maximum Gasteiger partial charge on any atom is 0.0499 e. The second kappa shape index (κ2) is 6.60. The lowest BCUT2D eigenvalue weighted by molar-refractivity contribution is 0.223. The molecule has 0 amide bonds. The molecular formula is C15H24N2S. The van der Waals surface area contributed by atoms with E-state index in [0.29, 0.717) is 12.0 Å². The highest BCUT2D eigenvalue weighted by atomic mass is 32.2. The number of hydrazine groups is 1. The van der Waals surface area contributed by atoms with Crippen LogP contribution in [-0.2, 0) is 0 Å². The molecule has 3 unspecified atom stereocenters. The zero-order chi connectivity index (χ0) is 13.0. The van der Waals surface area contributed by atoms with E-state index in [1.54, 1.807) is 0 Å². The van der Waals surface area contributed by atoms with Crippen LogP contribution in [0.3, 0.4) is 0 Å². The summed E-state index contributed by atoms with van der Waals surface area (Å²) in [5, 5.41) is 0. The van der Waals surface area contributed by atoms with Crippen molar-refractivity contribution in [1.82, 2.24) is 5.43 Å². The minimum Gasteiger partial charge on any atom is -0.271 e. The first-order chi connectivity index (χ1) is 8.76. The second-order valence-corrected chi connectivity index (χ2v) is 6.27. The summed E-state index contributed by atoms with van der Waals surface area (Å²) in [6.45, 7) is 2.36. The Hall–Kier alpha value is -0.510. The smallest absolute Gasteiger partial charge is 0.0499 e. The molecule has 0 saturated heterocycles. The van der Waals surface area contributed by atoms with Crippen molar-refractivity contribution in [2.24, 2.45) is 17.7 Å². The minimum absolute atomic E-state index is 0.302. The highest BCUT2D eigenvalue weighted by Gasteiger charge is 2.28. The van der Waals surface area contributed by atoms with Gasteiger partial charge in [0.25, 0.3) is 0 Å². The van der Waals surface area contributed by atoms with E-state index in [0.717, 1.165) is 5.92 Å². The lowest BCUT2D eigenvalue weighted by atomic mass is 9.77. The van der Waals surface area contributed by atoms with Crippen molar-refractivity contribution in [1.29, 1.82) is 0 Å². The quantitative estimate of drug-likeness (QED) is 0.494. The summed E-state index contributed by atoms with van der Waals surface area (Å²) in [6, 6.07) is 8.93. The van der Waals surface area contributed by atoms with Gasteiger partial charge in [0, 0.05) is 10.9 Å². The van der Waals surface area contributed by atoms with Gasteiger partial charge in [0.15, 0.2) is 0 Å². The maximum absolute atomic E-state index is 5.85. The molecular weight excluding hydrogens is 240 g/mol. The zero-order valence-corrected chi connectivity index (χ0v) is 12.2. The molecule has 0 spiro atoms. The standard InChI is InChI=1S/C15H24N2S/c1-11-6-5-7-12(10-11)15(17-16)13-8-3-4-9-14(13)18-2/h3-4,8-9,11-12,15,17H,5-7,10,16H2,1-2H3. The molecule has 1 aliphatic carbocycles. The molecule has 1 saturated carbocycles. The van der Waals surface area contributed by atoms with Crippen LogP contribution in [0.4, 0.5) is 0 Å². The Morgan fingerprint density at radius 3 is 2.78 bits per heavy atom. The zero-order valence-electron chi connectivity index (χ0n) is 11.4. The SMILES string of the molecule is CSc1ccccc1C(NN)C1CCCC(C)C1. The summed E-state index contributed by atoms with van der Waals surface area (Å²) < 4.78 is 0. The Kier molecular flexibility index (Phi) is 5.10. The molecule has 3 heteroatoms. The van der Waals surface area contributed by atoms with Gasteiger partial charge in [-0.05, 0) is 42.6 Å². The first kappa shape index (κ1) is 13.9. The number of benzene rings is 1. The molecule has 100 valence electrons. The van der Waals surface area contributed by atoms with Crippen LogP contribution in [-0.4, -0.2) is 6.26 Å². The average Bonchev–Trinajstić information content (AvgIpc) is 2.40. The molecule has 3 atom stereocenters. The molecule has 3 N–H and O–H groups in total. The molecule has 2 nitrogen and oxygen atoms in total. The van der Waals surface area contributed by atoms with Gasteiger partial charge in [0.1, 0.15) is 0 Å². The first-order valence-electron chi connectivity index (χ1n) is 6.85. The lowest BCUT2D eigenvalue weighted by Gasteiger charge is -2.33. The number of thioether (sulfide) groups is 1. The Balaban J connectivity index is 2.21. The van der Waals surface area contributed by atoms with Gasteiger partial charge < -0.3 is 0 Å². The second-order valence-electron chi connectivity index (χ2n) is 5.42. The summed E-state index contributed by atoms with van der Waals surface area (Å²) >= 11 is 1.81. The van der Waals surface area contributed by atoms with E-state index in [4.69, 9.17) is 5.84 Å². The molecule has 1 fully saturated rings. The third-order valence-electron chi connectivity index (χ3n) is 4.10. The van der Waals surface area contributed by atoms with E-state index >= 15 is 0 Å². The Bertz CT molecular complexity index is 381. The van der Waals surface area contributed by atoms with Crippen LogP contribution in [0.5, 0.6) is 0 Å². The Morgan fingerprint density at radius 2 is 2.11 bits per heavy atom. The predicted octanol–water partition coefficient (Wildman–Crippen LogP) is 3.74. The minimum atomic E-state index is 0.302. The van der Waals surface area contributed by atoms with Crippen LogP contribution in [0.15, 0.2) is 29.2 Å². The molecule has 0 heterocycles. The number of nitrogens with one attached hydrogen (secondary N) is 1. The van der Waals surface area contributed by atoms with E-state index in [1.165, 1.54) is 36.1 Å². The van der Waals surface area contributed by atoms with Gasteiger partial charge in [-0.25, -0.2) is 0 Å². The van der Waals surface area contributed by atoms with Crippen molar-refractivity contribution in [2.45, 2.75) is 43.5 Å². The van der Waals surface area contributed by atoms with Crippen LogP contribution in [0.1, 0.15) is 44.2 Å². The highest BCUT2D eigenvalue weighted by Crippen LogP contribution is 2.39. The van der Waals surface area contributed by atoms with Crippen molar-refractivity contribution in [3.8, 4) is 0 Å². The summed E-state index contributed by atoms with van der Waals surface area (Å²) in [5.74, 6) is 7.35. The predicted molar refractivity (Wildman–Crippen MR) is 79.4 cm³/mol. The number of nitrogens with two attached hydrogens (primary N) is 1. The summed E-state index contributed by atoms with van der Waals surface area (Å²) in [5.41, 5.74) is 4.44. The van der Waals surface area contributed by atoms with Crippen LogP contribution < -0.4 is 11.3 Å². The molecule has 0 bridgehead atoms. The van der Waals surface area contributed by atoms with Crippen molar-refractivity contribution >= 4 is 11.8 Å². The molecule has 2 rings (SSSR count). The van der Waals surface area contributed by atoms with Gasteiger partial charge in [-0.3, -0.25) is 11.3 Å². The lowest BCUT2D eigenvalue weighted by Crippen LogP contribution is -2.35. The van der Waals surface area contributed by atoms with Gasteiger partial charge in [-0.2, -0.15) is 0 Å². The average molecular weight is 264 g/mol. The maximum atomic E-state index is 5.85. The fourth-order valence-electron chi connectivity index (χ4n) is 3.19. The Labute approximate surface area is 115 Å². The van der Waals surface area contributed by atoms with E-state index in [-0.39, 0.29) is 0 Å². The summed E-state index contributed by atoms with van der Waals surface area (Å²) in [6.07, 6.45) is 7.43. The summed E-state index contributed by atoms with van der Waals surface area (Å²) in [7, 11) is 0. The fourth-order valence-corrected chi connectivity index (χ4v) is 3.83. The third kappa shape index (κ3) is 3.08. The first-order valence-corrected chi connectivity index (χ1v) is 8.07. The van der Waals surface area contributed by atoms with Crippen LogP contribution in [0.25, 0.3) is 0 Å². The molecule has 1 aromatic rings. The van der Waals surface area contributed by atoms with Crippen LogP contribution in [0.2, 0.25) is 0 Å². The topological polar surface area (TPSA) is 38.0 Å². The van der Waals surface area contributed by atoms with E-state index in [9.17, 15) is 0 Å². The molecule has 18 heavy (non-hydrogen) atoms. The van der Waals surface area contributed by atoms with Crippen molar-refractivity contribution < 1.29 is 0 Å². The normalized spacial score (nSPS) is 25.9. The van der Waals surface area contributed by atoms with E-state index in [2.05, 4.69) is 42.9 Å². The number of rotatable bonds is 4. The van der Waals surface area contributed by atoms with Crippen LogP contribution >= 0.6 is 11.8 Å². The highest BCUT2D eigenvalue weighted by molar-refractivity contribution is 7.98. The molecule has 0 radical (unpaired) electrons. The monoisotopic (exact) mass is 264 g/mol. The van der Waals surface area contributed by atoms with Crippen LogP contribution in [0, 0.1) is 11.8 Å². The van der Waals surface area contributed by atoms with Crippen molar-refractivity contribution in [3.05, 3.63) is 29.8 Å². The molecule has 1 aliphatic rings. The van der Waals surface area contributed by atoms with Crippen molar-refractivity contribution in [3.63, 3.8) is 0 Å². The van der Waals surface area contributed by atoms with Gasteiger partial charge in [0.05, 0.1) is 0 Å². The molecule has 0 aromatic heterocycles. The van der Waals surface area contributed by atoms with Gasteiger partial charge >= 0.3 is 0 Å². The molecule has 1 aromatic carbocycles.